The number of hydrogen-bond acceptors (Lipinski definition) is 3. The highest BCUT2D eigenvalue weighted by Gasteiger charge is 2.47. The molecule has 3 heteroatoms. The van der Waals surface area contributed by atoms with E-state index in [4.69, 9.17) is 14.2 Å². The van der Waals surface area contributed by atoms with Gasteiger partial charge in [0.15, 0.2) is 0 Å². The Morgan fingerprint density at radius 1 is 0.857 bits per heavy atom. The second-order valence-corrected chi connectivity index (χ2v) is 7.43. The smallest absolute Gasteiger partial charge is 0.271 e. The third-order valence-electron chi connectivity index (χ3n) is 5.21. The maximum absolute atomic E-state index is 5.60. The molecule has 0 amide bonds. The fraction of sp³-hybridized carbons (Fsp3) is 1.00. The number of fused-ring (bicyclic) bond motifs is 3. The zero-order valence-corrected chi connectivity index (χ0v) is 14.2. The van der Waals surface area contributed by atoms with E-state index in [9.17, 15) is 0 Å². The van der Waals surface area contributed by atoms with E-state index in [1.165, 1.54) is 51.4 Å². The maximum Gasteiger partial charge on any atom is 0.271 e. The molecule has 1 atom stereocenters. The molecule has 1 unspecified atom stereocenters. The Kier molecular flexibility index (Phi) is 6.97. The monoisotopic (exact) mass is 298 g/mol. The van der Waals surface area contributed by atoms with Crippen LogP contribution in [0, 0.1) is 17.3 Å². The molecule has 3 nitrogen and oxygen atoms in total. The highest BCUT2D eigenvalue weighted by Crippen LogP contribution is 2.42. The number of rotatable bonds is 10. The van der Waals surface area contributed by atoms with E-state index in [0.717, 1.165) is 25.7 Å². The molecule has 3 saturated heterocycles. The van der Waals surface area contributed by atoms with Crippen molar-refractivity contribution >= 4 is 0 Å². The average molecular weight is 298 g/mol. The lowest BCUT2D eigenvalue weighted by Crippen LogP contribution is -2.56. The molecule has 0 spiro atoms. The van der Waals surface area contributed by atoms with Gasteiger partial charge in [0.05, 0.1) is 19.8 Å². The Morgan fingerprint density at radius 3 is 1.90 bits per heavy atom. The van der Waals surface area contributed by atoms with Gasteiger partial charge in [0.25, 0.3) is 6.48 Å². The average Bonchev–Trinajstić information content (AvgIpc) is 2.51. The Hall–Kier alpha value is -0.120. The molecule has 3 fully saturated rings. The van der Waals surface area contributed by atoms with Crippen LogP contribution < -0.4 is 0 Å². The van der Waals surface area contributed by atoms with E-state index in [0.29, 0.717) is 5.92 Å². The zero-order valence-electron chi connectivity index (χ0n) is 14.2. The van der Waals surface area contributed by atoms with Gasteiger partial charge in [-0.05, 0) is 18.3 Å². The summed E-state index contributed by atoms with van der Waals surface area (Å²) in [5.41, 5.74) is 0.126. The molecular weight excluding hydrogens is 264 g/mol. The fourth-order valence-corrected chi connectivity index (χ4v) is 3.74. The van der Waals surface area contributed by atoms with Gasteiger partial charge in [-0.15, -0.1) is 0 Å². The SMILES string of the molecule is CCC(CCCCCCCC(C)C)C12COC(OC1)OC2. The van der Waals surface area contributed by atoms with Crippen LogP contribution in [0.15, 0.2) is 0 Å². The minimum absolute atomic E-state index is 0.126. The second kappa shape index (κ2) is 8.50. The molecule has 0 aliphatic carbocycles. The van der Waals surface area contributed by atoms with Crippen LogP contribution in [0.1, 0.15) is 72.1 Å². The van der Waals surface area contributed by atoms with Gasteiger partial charge in [-0.1, -0.05) is 65.7 Å². The van der Waals surface area contributed by atoms with Crippen molar-refractivity contribution < 1.29 is 14.2 Å². The molecule has 0 N–H and O–H groups in total. The fourth-order valence-electron chi connectivity index (χ4n) is 3.74. The lowest BCUT2D eigenvalue weighted by Gasteiger charge is -2.49. The van der Waals surface area contributed by atoms with E-state index in [1.54, 1.807) is 0 Å². The second-order valence-electron chi connectivity index (χ2n) is 7.43. The first-order valence-corrected chi connectivity index (χ1v) is 9.01. The predicted molar refractivity (Wildman–Crippen MR) is 85.0 cm³/mol. The van der Waals surface area contributed by atoms with Crippen molar-refractivity contribution in [3.8, 4) is 0 Å². The zero-order chi connectivity index (χ0) is 15.1. The van der Waals surface area contributed by atoms with E-state index in [1.807, 2.05) is 0 Å². The molecule has 21 heavy (non-hydrogen) atoms. The molecule has 0 aromatic rings. The van der Waals surface area contributed by atoms with Crippen molar-refractivity contribution in [3.05, 3.63) is 0 Å². The summed E-state index contributed by atoms with van der Waals surface area (Å²) in [5.74, 6) is 1.53. The number of hydrogen-bond donors (Lipinski definition) is 0. The maximum atomic E-state index is 5.60. The van der Waals surface area contributed by atoms with Gasteiger partial charge in [-0.2, -0.15) is 0 Å². The van der Waals surface area contributed by atoms with E-state index in [-0.39, 0.29) is 11.9 Å². The van der Waals surface area contributed by atoms with Crippen LogP contribution in [0.2, 0.25) is 0 Å². The van der Waals surface area contributed by atoms with Crippen molar-refractivity contribution in [3.63, 3.8) is 0 Å². The molecule has 0 saturated carbocycles. The van der Waals surface area contributed by atoms with E-state index >= 15 is 0 Å². The first kappa shape index (κ1) is 17.2. The summed E-state index contributed by atoms with van der Waals surface area (Å²) < 4.78 is 16.8. The summed E-state index contributed by atoms with van der Waals surface area (Å²) >= 11 is 0. The molecule has 124 valence electrons. The molecule has 3 heterocycles. The molecule has 0 aromatic heterocycles. The Balaban J connectivity index is 1.61. The normalized spacial score (nSPS) is 30.0. The first-order chi connectivity index (χ1) is 10.2. The highest BCUT2D eigenvalue weighted by atomic mass is 16.9. The summed E-state index contributed by atoms with van der Waals surface area (Å²) in [4.78, 5) is 0. The van der Waals surface area contributed by atoms with Crippen LogP contribution in [-0.4, -0.2) is 26.3 Å². The van der Waals surface area contributed by atoms with Crippen LogP contribution in [0.25, 0.3) is 0 Å². The topological polar surface area (TPSA) is 27.7 Å². The largest absolute Gasteiger partial charge is 0.329 e. The van der Waals surface area contributed by atoms with Gasteiger partial charge in [0, 0.05) is 5.41 Å². The first-order valence-electron chi connectivity index (χ1n) is 9.01. The van der Waals surface area contributed by atoms with Crippen LogP contribution in [-0.2, 0) is 14.2 Å². The third-order valence-corrected chi connectivity index (χ3v) is 5.21. The van der Waals surface area contributed by atoms with Crippen molar-refractivity contribution in [2.75, 3.05) is 19.8 Å². The molecule has 0 radical (unpaired) electrons. The molecule has 0 aromatic carbocycles. The van der Waals surface area contributed by atoms with Gasteiger partial charge in [0.2, 0.25) is 0 Å². The van der Waals surface area contributed by atoms with Crippen molar-refractivity contribution in [1.29, 1.82) is 0 Å². The Labute approximate surface area is 130 Å². The highest BCUT2D eigenvalue weighted by molar-refractivity contribution is 4.90. The summed E-state index contributed by atoms with van der Waals surface area (Å²) in [6.45, 7) is 9.01. The van der Waals surface area contributed by atoms with E-state index < -0.39 is 0 Å². The molecule has 2 bridgehead atoms. The minimum atomic E-state index is -0.384. The predicted octanol–water partition coefficient (Wildman–Crippen LogP) is 4.75. The van der Waals surface area contributed by atoms with Crippen molar-refractivity contribution in [2.45, 2.75) is 78.6 Å². The van der Waals surface area contributed by atoms with Gasteiger partial charge in [0.1, 0.15) is 0 Å². The summed E-state index contributed by atoms with van der Waals surface area (Å²) in [5, 5.41) is 0. The van der Waals surface area contributed by atoms with E-state index in [2.05, 4.69) is 20.8 Å². The van der Waals surface area contributed by atoms with Gasteiger partial charge >= 0.3 is 0 Å². The third kappa shape index (κ3) is 4.94. The summed E-state index contributed by atoms with van der Waals surface area (Å²) in [7, 11) is 0. The van der Waals surface area contributed by atoms with Gasteiger partial charge in [-0.25, -0.2) is 0 Å². The van der Waals surface area contributed by atoms with Gasteiger partial charge < -0.3 is 14.2 Å². The lowest BCUT2D eigenvalue weighted by atomic mass is 9.72. The Bertz CT molecular complexity index is 268. The number of unbranched alkanes of at least 4 members (excludes halogenated alkanes) is 4. The molecular formula is C18H34O3. The standard InChI is InChI=1S/C18H34O3/c1-4-16(11-9-7-5-6-8-10-15(2)3)18-12-19-17(20-13-18)21-14-18/h15-17H,4-14H2,1-3H3. The van der Waals surface area contributed by atoms with Crippen molar-refractivity contribution in [1.82, 2.24) is 0 Å². The van der Waals surface area contributed by atoms with Gasteiger partial charge in [-0.3, -0.25) is 0 Å². The number of ether oxygens (including phenoxy) is 3. The minimum Gasteiger partial charge on any atom is -0.329 e. The van der Waals surface area contributed by atoms with Crippen LogP contribution in [0.5, 0.6) is 0 Å². The van der Waals surface area contributed by atoms with Crippen LogP contribution >= 0.6 is 0 Å². The van der Waals surface area contributed by atoms with Crippen LogP contribution in [0.4, 0.5) is 0 Å². The van der Waals surface area contributed by atoms with Crippen LogP contribution in [0.3, 0.4) is 0 Å². The molecule has 3 aliphatic heterocycles. The molecule has 3 aliphatic rings. The lowest BCUT2D eigenvalue weighted by molar-refractivity contribution is -0.403. The summed E-state index contributed by atoms with van der Waals surface area (Å²) in [6.07, 6.45) is 10.8. The summed E-state index contributed by atoms with van der Waals surface area (Å²) in [6, 6.07) is 0. The Morgan fingerprint density at radius 2 is 1.38 bits per heavy atom. The quantitative estimate of drug-likeness (QED) is 0.545. The van der Waals surface area contributed by atoms with Crippen molar-refractivity contribution in [2.24, 2.45) is 17.3 Å². The molecule has 3 rings (SSSR count).